The number of nitrogens with zero attached hydrogens (tertiary/aromatic N) is 1. The zero-order valence-corrected chi connectivity index (χ0v) is 19.2. The van der Waals surface area contributed by atoms with Gasteiger partial charge in [-0.15, -0.1) is 0 Å². The fourth-order valence-electron chi connectivity index (χ4n) is 4.20. The van der Waals surface area contributed by atoms with Gasteiger partial charge < -0.3 is 25.0 Å². The van der Waals surface area contributed by atoms with Crippen molar-refractivity contribution in [1.82, 2.24) is 15.8 Å². The first-order valence-corrected chi connectivity index (χ1v) is 11.6. The molecule has 0 spiro atoms. The zero-order chi connectivity index (χ0) is 24.6. The molecule has 0 aliphatic heterocycles. The lowest BCUT2D eigenvalue weighted by Crippen LogP contribution is -2.27. The highest BCUT2D eigenvalue weighted by Gasteiger charge is 2.28. The molecule has 9 heteroatoms. The highest BCUT2D eigenvalue weighted by molar-refractivity contribution is 5.85. The highest BCUT2D eigenvalue weighted by Crippen LogP contribution is 2.44. The minimum atomic E-state index is -1.18. The van der Waals surface area contributed by atoms with E-state index in [0.717, 1.165) is 12.8 Å². The van der Waals surface area contributed by atoms with E-state index < -0.39 is 12.1 Å². The summed E-state index contributed by atoms with van der Waals surface area (Å²) >= 11 is 0. The van der Waals surface area contributed by atoms with E-state index in [-0.39, 0.29) is 36.4 Å². The number of carbonyl (C=O) groups excluding carboxylic acids is 2. The molecule has 1 aliphatic rings. The van der Waals surface area contributed by atoms with Gasteiger partial charge in [-0.25, -0.2) is 9.59 Å². The molecule has 3 aromatic rings. The third-order valence-electron chi connectivity index (χ3n) is 5.93. The molecule has 0 bridgehead atoms. The van der Waals surface area contributed by atoms with E-state index in [1.165, 1.54) is 28.3 Å². The largest absolute Gasteiger partial charge is 0.476 e. The van der Waals surface area contributed by atoms with Gasteiger partial charge in [0.05, 0.1) is 6.54 Å². The van der Waals surface area contributed by atoms with Crippen molar-refractivity contribution in [2.24, 2.45) is 0 Å². The normalized spacial score (nSPS) is 12.0. The minimum absolute atomic E-state index is 0.0272. The van der Waals surface area contributed by atoms with E-state index in [9.17, 15) is 14.4 Å². The third-order valence-corrected chi connectivity index (χ3v) is 5.93. The summed E-state index contributed by atoms with van der Waals surface area (Å²) in [6.45, 7) is 0.829. The molecule has 9 nitrogen and oxygen atoms in total. The van der Waals surface area contributed by atoms with Gasteiger partial charge in [-0.05, 0) is 35.1 Å². The van der Waals surface area contributed by atoms with Crippen LogP contribution < -0.4 is 10.6 Å². The van der Waals surface area contributed by atoms with Gasteiger partial charge >= 0.3 is 12.1 Å². The Morgan fingerprint density at radius 3 is 2.29 bits per heavy atom. The number of alkyl carbamates (subject to hydrolysis) is 1. The van der Waals surface area contributed by atoms with Crippen LogP contribution in [-0.2, 0) is 16.1 Å². The third kappa shape index (κ3) is 6.06. The smallest absolute Gasteiger partial charge is 0.407 e. The number of ether oxygens (including phenoxy) is 1. The molecule has 1 aromatic heterocycles. The molecule has 182 valence electrons. The van der Waals surface area contributed by atoms with Gasteiger partial charge in [0, 0.05) is 24.9 Å². The Kier molecular flexibility index (Phi) is 7.77. The van der Waals surface area contributed by atoms with E-state index in [1.807, 2.05) is 24.3 Å². The second-order valence-corrected chi connectivity index (χ2v) is 8.32. The molecular weight excluding hydrogens is 450 g/mol. The molecule has 1 heterocycles. The SMILES string of the molecule is O=C(CCCCCNC(=O)OCC1c2ccccc2-c2ccccc21)NCc1cc(C(=O)O)no1. The number of amides is 2. The van der Waals surface area contributed by atoms with Crippen molar-refractivity contribution in [3.05, 3.63) is 77.2 Å². The van der Waals surface area contributed by atoms with E-state index in [1.54, 1.807) is 0 Å². The molecule has 0 atom stereocenters. The number of carboxylic acid groups (broad SMARTS) is 1. The first-order valence-electron chi connectivity index (χ1n) is 11.6. The molecule has 0 saturated carbocycles. The Hall–Kier alpha value is -4.14. The standard InChI is InChI=1S/C26H27N3O6/c30-24(28-15-17-14-23(25(31)32)29-35-17)12-2-1-7-13-27-26(33)34-16-22-20-10-5-3-8-18(20)19-9-4-6-11-21(19)22/h3-6,8-11,14,22H,1-2,7,12-13,15-16H2,(H,27,33)(H,28,30)(H,31,32). The lowest BCUT2D eigenvalue weighted by Gasteiger charge is -2.14. The molecular formula is C26H27N3O6. The number of carbonyl (C=O) groups is 3. The highest BCUT2D eigenvalue weighted by atomic mass is 16.5. The van der Waals surface area contributed by atoms with Gasteiger partial charge in [-0.1, -0.05) is 60.1 Å². The summed E-state index contributed by atoms with van der Waals surface area (Å²) in [5.74, 6) is -1.04. The van der Waals surface area contributed by atoms with Gasteiger partial charge in [0.1, 0.15) is 6.61 Å². The van der Waals surface area contributed by atoms with Crippen LogP contribution in [0.25, 0.3) is 11.1 Å². The summed E-state index contributed by atoms with van der Waals surface area (Å²) in [5, 5.41) is 17.6. The Morgan fingerprint density at radius 2 is 1.63 bits per heavy atom. The van der Waals surface area contributed by atoms with E-state index in [4.69, 9.17) is 14.4 Å². The maximum absolute atomic E-state index is 12.2. The number of benzene rings is 2. The zero-order valence-electron chi connectivity index (χ0n) is 19.2. The average molecular weight is 478 g/mol. The number of rotatable bonds is 11. The topological polar surface area (TPSA) is 131 Å². The fraction of sp³-hybridized carbons (Fsp3) is 0.308. The number of hydrogen-bond donors (Lipinski definition) is 3. The Bertz CT molecular complexity index is 1160. The first kappa shape index (κ1) is 24.0. The molecule has 0 saturated heterocycles. The van der Waals surface area contributed by atoms with Crippen LogP contribution >= 0.6 is 0 Å². The fourth-order valence-corrected chi connectivity index (χ4v) is 4.20. The quantitative estimate of drug-likeness (QED) is 0.355. The summed E-state index contributed by atoms with van der Waals surface area (Å²) in [4.78, 5) is 34.8. The number of nitrogens with one attached hydrogen (secondary N) is 2. The second kappa shape index (κ2) is 11.3. The van der Waals surface area contributed by atoms with Gasteiger partial charge in [0.25, 0.3) is 0 Å². The molecule has 0 unspecified atom stereocenters. The van der Waals surface area contributed by atoms with Gasteiger partial charge in [0.15, 0.2) is 11.5 Å². The number of aromatic carboxylic acids is 1. The van der Waals surface area contributed by atoms with Crippen LogP contribution in [0.2, 0.25) is 0 Å². The molecule has 1 aliphatic carbocycles. The van der Waals surface area contributed by atoms with Gasteiger partial charge in [-0.3, -0.25) is 4.79 Å². The van der Waals surface area contributed by atoms with E-state index >= 15 is 0 Å². The van der Waals surface area contributed by atoms with Crippen molar-refractivity contribution in [3.63, 3.8) is 0 Å². The molecule has 2 amide bonds. The molecule has 2 aromatic carbocycles. The lowest BCUT2D eigenvalue weighted by molar-refractivity contribution is -0.121. The van der Waals surface area contributed by atoms with Gasteiger partial charge in [0.2, 0.25) is 5.91 Å². The Labute approximate surface area is 202 Å². The number of aromatic nitrogens is 1. The average Bonchev–Trinajstić information content (AvgIpc) is 3.47. The van der Waals surface area contributed by atoms with Crippen molar-refractivity contribution < 1.29 is 28.8 Å². The minimum Gasteiger partial charge on any atom is -0.476 e. The van der Waals surface area contributed by atoms with Crippen LogP contribution in [-0.4, -0.2) is 41.4 Å². The molecule has 0 fully saturated rings. The van der Waals surface area contributed by atoms with Gasteiger partial charge in [-0.2, -0.15) is 0 Å². The number of hydrogen-bond acceptors (Lipinski definition) is 6. The lowest BCUT2D eigenvalue weighted by atomic mass is 9.98. The summed E-state index contributed by atoms with van der Waals surface area (Å²) in [6, 6.07) is 17.7. The van der Waals surface area contributed by atoms with Crippen LogP contribution in [0.3, 0.4) is 0 Å². The van der Waals surface area contributed by atoms with Crippen LogP contribution in [0.15, 0.2) is 59.1 Å². The molecule has 0 radical (unpaired) electrons. The van der Waals surface area contributed by atoms with E-state index in [2.05, 4.69) is 40.1 Å². The number of unbranched alkanes of at least 4 members (excludes halogenated alkanes) is 2. The summed E-state index contributed by atoms with van der Waals surface area (Å²) in [6.07, 6.45) is 2.03. The first-order chi connectivity index (χ1) is 17.0. The van der Waals surface area contributed by atoms with Crippen LogP contribution in [0, 0.1) is 0 Å². The van der Waals surface area contributed by atoms with Crippen molar-refractivity contribution in [3.8, 4) is 11.1 Å². The molecule has 3 N–H and O–H groups in total. The maximum Gasteiger partial charge on any atom is 0.407 e. The monoisotopic (exact) mass is 477 g/mol. The summed E-state index contributed by atoms with van der Waals surface area (Å²) in [5.41, 5.74) is 4.52. The Balaban J connectivity index is 1.10. The van der Waals surface area contributed by atoms with Crippen LogP contribution in [0.4, 0.5) is 4.79 Å². The number of carboxylic acids is 1. The predicted molar refractivity (Wildman–Crippen MR) is 127 cm³/mol. The van der Waals surface area contributed by atoms with Crippen molar-refractivity contribution in [2.45, 2.75) is 38.1 Å². The van der Waals surface area contributed by atoms with Crippen molar-refractivity contribution in [1.29, 1.82) is 0 Å². The predicted octanol–water partition coefficient (Wildman–Crippen LogP) is 4.09. The van der Waals surface area contributed by atoms with E-state index in [0.29, 0.717) is 19.4 Å². The summed E-state index contributed by atoms with van der Waals surface area (Å²) in [7, 11) is 0. The number of fused-ring (bicyclic) bond motifs is 3. The van der Waals surface area contributed by atoms with Crippen LogP contribution in [0.5, 0.6) is 0 Å². The molecule has 35 heavy (non-hydrogen) atoms. The Morgan fingerprint density at radius 1 is 0.943 bits per heavy atom. The van der Waals surface area contributed by atoms with Crippen molar-refractivity contribution in [2.75, 3.05) is 13.2 Å². The van der Waals surface area contributed by atoms with Crippen LogP contribution in [0.1, 0.15) is 59.0 Å². The summed E-state index contributed by atoms with van der Waals surface area (Å²) < 4.78 is 10.4. The molecule has 4 rings (SSSR count). The van der Waals surface area contributed by atoms with Crippen molar-refractivity contribution >= 4 is 18.0 Å². The maximum atomic E-state index is 12.2. The second-order valence-electron chi connectivity index (χ2n) is 8.32.